The number of carbonyl (C=O) groups is 2. The Labute approximate surface area is 115 Å². The molecule has 5 nitrogen and oxygen atoms in total. The molecule has 1 aliphatic rings. The smallest absolute Gasteiger partial charge is 0.275 e. The summed E-state index contributed by atoms with van der Waals surface area (Å²) in [5.74, 6) is 5.24. The molecule has 2 aromatic rings. The molecule has 102 valence electrons. The van der Waals surface area contributed by atoms with Crippen molar-refractivity contribution in [3.05, 3.63) is 41.5 Å². The van der Waals surface area contributed by atoms with Crippen molar-refractivity contribution in [1.29, 1.82) is 0 Å². The predicted molar refractivity (Wildman–Crippen MR) is 74.4 cm³/mol. The van der Waals surface area contributed by atoms with Crippen molar-refractivity contribution in [2.45, 2.75) is 13.3 Å². The van der Waals surface area contributed by atoms with Crippen LogP contribution >= 0.6 is 0 Å². The minimum Gasteiger partial charge on any atom is -0.493 e. The van der Waals surface area contributed by atoms with Gasteiger partial charge in [-0.1, -0.05) is 19.1 Å². The van der Waals surface area contributed by atoms with Gasteiger partial charge < -0.3 is 4.74 Å². The molecule has 1 aliphatic heterocycles. The maximum atomic E-state index is 12.1. The maximum Gasteiger partial charge on any atom is 0.275 e. The molecule has 1 heterocycles. The second kappa shape index (κ2) is 4.61. The standard InChI is InChI=1S/C15H14N2O3/c1-2-8-20-12-7-6-11-13-9(12)4-3-5-10(13)14(18)17(16)15(11)19/h3-7H,2,8,16H2,1H3. The first-order valence-corrected chi connectivity index (χ1v) is 6.47. The van der Waals surface area contributed by atoms with Crippen molar-refractivity contribution in [3.63, 3.8) is 0 Å². The fraction of sp³-hybridized carbons (Fsp3) is 0.200. The van der Waals surface area contributed by atoms with E-state index in [0.29, 0.717) is 33.9 Å². The van der Waals surface area contributed by atoms with E-state index in [2.05, 4.69) is 0 Å². The van der Waals surface area contributed by atoms with E-state index in [1.165, 1.54) is 0 Å². The van der Waals surface area contributed by atoms with Crippen LogP contribution in [0.25, 0.3) is 10.8 Å². The summed E-state index contributed by atoms with van der Waals surface area (Å²) in [7, 11) is 0. The van der Waals surface area contributed by atoms with Crippen LogP contribution < -0.4 is 10.6 Å². The van der Waals surface area contributed by atoms with Gasteiger partial charge in [0.15, 0.2) is 0 Å². The molecule has 2 N–H and O–H groups in total. The summed E-state index contributed by atoms with van der Waals surface area (Å²) in [4.78, 5) is 24.2. The van der Waals surface area contributed by atoms with Crippen molar-refractivity contribution in [2.75, 3.05) is 6.61 Å². The van der Waals surface area contributed by atoms with Gasteiger partial charge in [0.05, 0.1) is 17.7 Å². The van der Waals surface area contributed by atoms with Crippen molar-refractivity contribution < 1.29 is 14.3 Å². The van der Waals surface area contributed by atoms with Crippen molar-refractivity contribution >= 4 is 22.6 Å². The highest BCUT2D eigenvalue weighted by atomic mass is 16.5. The number of hydrogen-bond acceptors (Lipinski definition) is 4. The minimum absolute atomic E-state index is 0.432. The van der Waals surface area contributed by atoms with Gasteiger partial charge in [-0.05, 0) is 24.6 Å². The first-order valence-electron chi connectivity index (χ1n) is 6.47. The van der Waals surface area contributed by atoms with E-state index in [4.69, 9.17) is 10.6 Å². The highest BCUT2D eigenvalue weighted by molar-refractivity contribution is 6.25. The maximum absolute atomic E-state index is 12.1. The van der Waals surface area contributed by atoms with Crippen LogP contribution in [0.5, 0.6) is 5.75 Å². The molecule has 2 aromatic carbocycles. The SMILES string of the molecule is CCCOc1ccc2c3c(cccc13)C(=O)N(N)C2=O. The molecule has 2 amide bonds. The summed E-state index contributed by atoms with van der Waals surface area (Å²) < 4.78 is 5.68. The van der Waals surface area contributed by atoms with Gasteiger partial charge in [-0.25, -0.2) is 10.9 Å². The Balaban J connectivity index is 2.29. The van der Waals surface area contributed by atoms with E-state index in [-0.39, 0.29) is 0 Å². The average Bonchev–Trinajstić information content (AvgIpc) is 2.48. The molecule has 3 rings (SSSR count). The molecule has 0 spiro atoms. The van der Waals surface area contributed by atoms with Crippen LogP contribution in [0.15, 0.2) is 30.3 Å². The third kappa shape index (κ3) is 1.67. The summed E-state index contributed by atoms with van der Waals surface area (Å²) >= 11 is 0. The van der Waals surface area contributed by atoms with E-state index in [1.54, 1.807) is 24.3 Å². The summed E-state index contributed by atoms with van der Waals surface area (Å²) in [6, 6.07) is 8.69. The molecule has 0 radical (unpaired) electrons. The summed E-state index contributed by atoms with van der Waals surface area (Å²) in [5, 5.41) is 2.05. The lowest BCUT2D eigenvalue weighted by atomic mass is 9.94. The third-order valence-corrected chi connectivity index (χ3v) is 3.36. The Morgan fingerprint density at radius 2 is 1.80 bits per heavy atom. The second-order valence-electron chi connectivity index (χ2n) is 4.67. The Morgan fingerprint density at radius 3 is 2.50 bits per heavy atom. The highest BCUT2D eigenvalue weighted by Gasteiger charge is 2.31. The molecule has 5 heteroatoms. The van der Waals surface area contributed by atoms with Crippen LogP contribution in [0.1, 0.15) is 34.1 Å². The number of rotatable bonds is 3. The molecule has 0 saturated heterocycles. The van der Waals surface area contributed by atoms with E-state index in [0.717, 1.165) is 11.8 Å². The van der Waals surface area contributed by atoms with Gasteiger partial charge >= 0.3 is 0 Å². The molecule has 20 heavy (non-hydrogen) atoms. The van der Waals surface area contributed by atoms with E-state index in [9.17, 15) is 9.59 Å². The van der Waals surface area contributed by atoms with E-state index in [1.807, 2.05) is 13.0 Å². The first-order chi connectivity index (χ1) is 9.65. The minimum atomic E-state index is -0.485. The zero-order valence-electron chi connectivity index (χ0n) is 11.1. The van der Waals surface area contributed by atoms with Gasteiger partial charge in [-0.15, -0.1) is 0 Å². The van der Waals surface area contributed by atoms with Crippen LogP contribution in [0.2, 0.25) is 0 Å². The molecular formula is C15H14N2O3. The van der Waals surface area contributed by atoms with Gasteiger partial charge in [0.25, 0.3) is 11.8 Å². The lowest BCUT2D eigenvalue weighted by Crippen LogP contribution is -2.45. The lowest BCUT2D eigenvalue weighted by Gasteiger charge is -2.23. The fourth-order valence-electron chi connectivity index (χ4n) is 2.43. The predicted octanol–water partition coefficient (Wildman–Crippen LogP) is 2.10. The molecule has 0 bridgehead atoms. The Morgan fingerprint density at radius 1 is 1.10 bits per heavy atom. The van der Waals surface area contributed by atoms with Crippen LogP contribution in [0, 0.1) is 0 Å². The van der Waals surface area contributed by atoms with Crippen LogP contribution in [-0.2, 0) is 0 Å². The van der Waals surface area contributed by atoms with Crippen molar-refractivity contribution in [3.8, 4) is 5.75 Å². The topological polar surface area (TPSA) is 72.6 Å². The molecule has 0 aromatic heterocycles. The average molecular weight is 270 g/mol. The molecule has 0 aliphatic carbocycles. The third-order valence-electron chi connectivity index (χ3n) is 3.36. The van der Waals surface area contributed by atoms with Crippen LogP contribution in [-0.4, -0.2) is 23.4 Å². The normalized spacial score (nSPS) is 14.0. The number of carbonyl (C=O) groups excluding carboxylic acids is 2. The van der Waals surface area contributed by atoms with Gasteiger partial charge in [-0.2, -0.15) is 0 Å². The molecular weight excluding hydrogens is 256 g/mol. The molecule has 0 atom stereocenters. The number of nitrogens with two attached hydrogens (primary N) is 1. The van der Waals surface area contributed by atoms with Crippen molar-refractivity contribution in [1.82, 2.24) is 5.01 Å². The number of ether oxygens (including phenoxy) is 1. The summed E-state index contributed by atoms with van der Waals surface area (Å²) in [5.41, 5.74) is 0.864. The second-order valence-corrected chi connectivity index (χ2v) is 4.67. The number of imide groups is 1. The number of hydrazine groups is 1. The number of benzene rings is 2. The monoisotopic (exact) mass is 270 g/mol. The van der Waals surface area contributed by atoms with E-state index < -0.39 is 11.8 Å². The summed E-state index contributed by atoms with van der Waals surface area (Å²) in [6.45, 7) is 2.61. The summed E-state index contributed by atoms with van der Waals surface area (Å²) in [6.07, 6.45) is 0.886. The molecule has 0 fully saturated rings. The zero-order chi connectivity index (χ0) is 14.3. The molecule has 0 saturated carbocycles. The Kier molecular flexibility index (Phi) is 2.91. The Bertz CT molecular complexity index is 702. The largest absolute Gasteiger partial charge is 0.493 e. The number of amides is 2. The lowest BCUT2D eigenvalue weighted by molar-refractivity contribution is 0.0610. The van der Waals surface area contributed by atoms with Gasteiger partial charge in [0, 0.05) is 10.8 Å². The zero-order valence-corrected chi connectivity index (χ0v) is 11.1. The van der Waals surface area contributed by atoms with E-state index >= 15 is 0 Å². The Hall–Kier alpha value is -2.40. The van der Waals surface area contributed by atoms with Crippen LogP contribution in [0.4, 0.5) is 0 Å². The van der Waals surface area contributed by atoms with Gasteiger partial charge in [0.2, 0.25) is 0 Å². The van der Waals surface area contributed by atoms with Gasteiger partial charge in [-0.3, -0.25) is 9.59 Å². The highest BCUT2D eigenvalue weighted by Crippen LogP contribution is 2.34. The fourth-order valence-corrected chi connectivity index (χ4v) is 2.43. The number of nitrogens with zero attached hydrogens (tertiary/aromatic N) is 1. The quantitative estimate of drug-likeness (QED) is 0.526. The number of hydrogen-bond donors (Lipinski definition) is 1. The van der Waals surface area contributed by atoms with Crippen molar-refractivity contribution in [2.24, 2.45) is 5.84 Å². The van der Waals surface area contributed by atoms with Gasteiger partial charge in [0.1, 0.15) is 5.75 Å². The first kappa shape index (κ1) is 12.6. The molecule has 0 unspecified atom stereocenters. The van der Waals surface area contributed by atoms with Crippen LogP contribution in [0.3, 0.4) is 0 Å².